The smallest absolute Gasteiger partial charge is 0.241 e. The summed E-state index contributed by atoms with van der Waals surface area (Å²) in [6.07, 6.45) is 4.40. The van der Waals surface area contributed by atoms with Crippen molar-refractivity contribution in [2.75, 3.05) is 44.9 Å². The summed E-state index contributed by atoms with van der Waals surface area (Å²) in [5.41, 5.74) is 0.854. The van der Waals surface area contributed by atoms with Crippen LogP contribution in [0.15, 0.2) is 29.2 Å². The maximum atomic E-state index is 12.6. The van der Waals surface area contributed by atoms with E-state index >= 15 is 0 Å². The molecule has 2 rings (SSSR count). The standard InChI is InChI=1S/C20H31N3O3S/c1-15(19(24)22-17-7-4-5-8-18(17)27-3)23-12-9-16(10-13-23)20(25)21-11-6-14-26-2/h4-5,7-8,15-16H,6,9-14H2,1-3H3,(H,21,25)(H,22,24). The van der Waals surface area contributed by atoms with Gasteiger partial charge in [-0.1, -0.05) is 12.1 Å². The largest absolute Gasteiger partial charge is 0.385 e. The van der Waals surface area contributed by atoms with Crippen molar-refractivity contribution >= 4 is 29.3 Å². The van der Waals surface area contributed by atoms with Gasteiger partial charge < -0.3 is 15.4 Å². The van der Waals surface area contributed by atoms with Crippen LogP contribution in [0.1, 0.15) is 26.2 Å². The van der Waals surface area contributed by atoms with Crippen molar-refractivity contribution in [1.29, 1.82) is 0 Å². The Morgan fingerprint density at radius 1 is 1.30 bits per heavy atom. The molecule has 1 aliphatic heterocycles. The highest BCUT2D eigenvalue weighted by Gasteiger charge is 2.29. The van der Waals surface area contributed by atoms with Crippen LogP contribution in [0.3, 0.4) is 0 Å². The van der Waals surface area contributed by atoms with Gasteiger partial charge in [0.15, 0.2) is 0 Å². The Balaban J connectivity index is 1.79. The van der Waals surface area contributed by atoms with Crippen LogP contribution in [0, 0.1) is 5.92 Å². The molecule has 27 heavy (non-hydrogen) atoms. The van der Waals surface area contributed by atoms with Crippen LogP contribution in [0.25, 0.3) is 0 Å². The zero-order chi connectivity index (χ0) is 19.6. The second-order valence-corrected chi connectivity index (χ2v) is 7.66. The molecule has 0 radical (unpaired) electrons. The molecule has 2 N–H and O–H groups in total. The first-order valence-electron chi connectivity index (χ1n) is 9.51. The number of hydrogen-bond acceptors (Lipinski definition) is 5. The third-order valence-electron chi connectivity index (χ3n) is 5.02. The number of amides is 2. The highest BCUT2D eigenvalue weighted by molar-refractivity contribution is 7.98. The number of piperidine rings is 1. The number of likely N-dealkylation sites (tertiary alicyclic amines) is 1. The minimum absolute atomic E-state index is 0.000956. The summed E-state index contributed by atoms with van der Waals surface area (Å²) in [5, 5.41) is 6.02. The molecule has 1 aromatic rings. The van der Waals surface area contributed by atoms with E-state index in [9.17, 15) is 9.59 Å². The molecule has 150 valence electrons. The quantitative estimate of drug-likeness (QED) is 0.498. The van der Waals surface area contributed by atoms with Crippen LogP contribution in [-0.2, 0) is 14.3 Å². The average molecular weight is 394 g/mol. The van der Waals surface area contributed by atoms with Crippen LogP contribution in [0.5, 0.6) is 0 Å². The highest BCUT2D eigenvalue weighted by atomic mass is 32.2. The normalized spacial score (nSPS) is 16.7. The van der Waals surface area contributed by atoms with Crippen molar-refractivity contribution in [2.45, 2.75) is 37.1 Å². The van der Waals surface area contributed by atoms with Crippen LogP contribution in [0.2, 0.25) is 0 Å². The number of methoxy groups -OCH3 is 1. The van der Waals surface area contributed by atoms with Gasteiger partial charge in [0, 0.05) is 31.1 Å². The number of nitrogens with one attached hydrogen (secondary N) is 2. The molecule has 0 aromatic heterocycles. The van der Waals surface area contributed by atoms with Crippen LogP contribution >= 0.6 is 11.8 Å². The lowest BCUT2D eigenvalue weighted by molar-refractivity contribution is -0.127. The lowest BCUT2D eigenvalue weighted by Gasteiger charge is -2.34. The van der Waals surface area contributed by atoms with Gasteiger partial charge in [-0.05, 0) is 57.7 Å². The summed E-state index contributed by atoms with van der Waals surface area (Å²) in [4.78, 5) is 28.1. The maximum absolute atomic E-state index is 12.6. The van der Waals surface area contributed by atoms with E-state index in [-0.39, 0.29) is 23.8 Å². The van der Waals surface area contributed by atoms with Gasteiger partial charge in [0.25, 0.3) is 0 Å². The Labute approximate surface area is 166 Å². The number of carbonyl (C=O) groups excluding carboxylic acids is 2. The molecule has 1 aliphatic rings. The molecule has 0 spiro atoms. The molecule has 1 aromatic carbocycles. The molecule has 7 heteroatoms. The Bertz CT molecular complexity index is 618. The topological polar surface area (TPSA) is 70.7 Å². The fourth-order valence-corrected chi connectivity index (χ4v) is 3.83. The molecule has 0 bridgehead atoms. The van der Waals surface area contributed by atoms with E-state index in [0.717, 1.165) is 42.9 Å². The van der Waals surface area contributed by atoms with Gasteiger partial charge in [0.2, 0.25) is 11.8 Å². The fourth-order valence-electron chi connectivity index (χ4n) is 3.27. The summed E-state index contributed by atoms with van der Waals surface area (Å²) in [6, 6.07) is 7.61. The summed E-state index contributed by atoms with van der Waals surface area (Å²) in [5.74, 6) is 0.159. The molecule has 1 unspecified atom stereocenters. The first-order chi connectivity index (χ1) is 13.1. The maximum Gasteiger partial charge on any atom is 0.241 e. The molecule has 6 nitrogen and oxygen atoms in total. The van der Waals surface area contributed by atoms with Gasteiger partial charge in [0.05, 0.1) is 11.7 Å². The van der Waals surface area contributed by atoms with Crippen molar-refractivity contribution < 1.29 is 14.3 Å². The molecule has 2 amide bonds. The van der Waals surface area contributed by atoms with E-state index in [1.807, 2.05) is 37.4 Å². The molecule has 1 atom stereocenters. The lowest BCUT2D eigenvalue weighted by atomic mass is 9.95. The molecule has 1 saturated heterocycles. The van der Waals surface area contributed by atoms with E-state index in [4.69, 9.17) is 4.74 Å². The van der Waals surface area contributed by atoms with Crippen molar-refractivity contribution in [3.8, 4) is 0 Å². The highest BCUT2D eigenvalue weighted by Crippen LogP contribution is 2.25. The van der Waals surface area contributed by atoms with Crippen molar-refractivity contribution in [3.05, 3.63) is 24.3 Å². The van der Waals surface area contributed by atoms with Crippen molar-refractivity contribution in [1.82, 2.24) is 10.2 Å². The number of ether oxygens (including phenoxy) is 1. The van der Waals surface area contributed by atoms with Crippen LogP contribution < -0.4 is 10.6 Å². The SMILES string of the molecule is COCCCNC(=O)C1CCN(C(C)C(=O)Nc2ccccc2SC)CC1. The number of anilines is 1. The minimum atomic E-state index is -0.217. The second kappa shape index (κ2) is 11.3. The van der Waals surface area contributed by atoms with E-state index in [2.05, 4.69) is 15.5 Å². The van der Waals surface area contributed by atoms with Gasteiger partial charge in [-0.25, -0.2) is 0 Å². The summed E-state index contributed by atoms with van der Waals surface area (Å²) >= 11 is 1.62. The van der Waals surface area contributed by atoms with Gasteiger partial charge in [0.1, 0.15) is 0 Å². The van der Waals surface area contributed by atoms with Gasteiger partial charge in [-0.3, -0.25) is 14.5 Å². The summed E-state index contributed by atoms with van der Waals surface area (Å²) in [6.45, 7) is 4.76. The summed E-state index contributed by atoms with van der Waals surface area (Å²) in [7, 11) is 1.66. The molecule has 0 aliphatic carbocycles. The van der Waals surface area contributed by atoms with Gasteiger partial charge in [-0.15, -0.1) is 11.8 Å². The van der Waals surface area contributed by atoms with Crippen molar-refractivity contribution in [3.63, 3.8) is 0 Å². The van der Waals surface area contributed by atoms with Crippen LogP contribution in [0.4, 0.5) is 5.69 Å². The zero-order valence-electron chi connectivity index (χ0n) is 16.5. The third kappa shape index (κ3) is 6.52. The number of thioether (sulfide) groups is 1. The van der Waals surface area contributed by atoms with Crippen molar-refractivity contribution in [2.24, 2.45) is 5.92 Å². The van der Waals surface area contributed by atoms with E-state index in [1.54, 1.807) is 18.9 Å². The first-order valence-corrected chi connectivity index (χ1v) is 10.7. The summed E-state index contributed by atoms with van der Waals surface area (Å²) < 4.78 is 4.99. The predicted octanol–water partition coefficient (Wildman–Crippen LogP) is 2.60. The monoisotopic (exact) mass is 393 g/mol. The number of benzene rings is 1. The lowest BCUT2D eigenvalue weighted by Crippen LogP contribution is -2.48. The Kier molecular flexibility index (Phi) is 9.10. The number of nitrogens with zero attached hydrogens (tertiary/aromatic N) is 1. The van der Waals surface area contributed by atoms with E-state index in [1.165, 1.54) is 0 Å². The molecular weight excluding hydrogens is 362 g/mol. The number of rotatable bonds is 9. The zero-order valence-corrected chi connectivity index (χ0v) is 17.3. The molecule has 1 heterocycles. The van der Waals surface area contributed by atoms with Gasteiger partial charge in [-0.2, -0.15) is 0 Å². The molecular formula is C20H31N3O3S. The van der Waals surface area contributed by atoms with E-state index < -0.39 is 0 Å². The van der Waals surface area contributed by atoms with E-state index in [0.29, 0.717) is 13.2 Å². The Morgan fingerprint density at radius 3 is 2.67 bits per heavy atom. The number of carbonyl (C=O) groups is 2. The van der Waals surface area contributed by atoms with Gasteiger partial charge >= 0.3 is 0 Å². The predicted molar refractivity (Wildman–Crippen MR) is 110 cm³/mol. The average Bonchev–Trinajstić information content (AvgIpc) is 2.71. The minimum Gasteiger partial charge on any atom is -0.385 e. The Morgan fingerprint density at radius 2 is 2.00 bits per heavy atom. The first kappa shape index (κ1) is 21.7. The number of hydrogen-bond donors (Lipinski definition) is 2. The Hall–Kier alpha value is -1.57. The fraction of sp³-hybridized carbons (Fsp3) is 0.600. The molecule has 0 saturated carbocycles. The second-order valence-electron chi connectivity index (χ2n) is 6.81. The number of para-hydroxylation sites is 1. The molecule has 1 fully saturated rings. The third-order valence-corrected chi connectivity index (χ3v) is 5.81. The van der Waals surface area contributed by atoms with Crippen LogP contribution in [-0.4, -0.2) is 62.4 Å².